The fraction of sp³-hybridized carbons (Fsp3) is 0.188. The number of carbonyl (C=O) groups is 1. The summed E-state index contributed by atoms with van der Waals surface area (Å²) in [5, 5.41) is 8.57. The van der Waals surface area contributed by atoms with Gasteiger partial charge in [0.1, 0.15) is 5.82 Å². The Labute approximate surface area is 141 Å². The highest BCUT2D eigenvalue weighted by molar-refractivity contribution is 7.13. The molecule has 0 atom stereocenters. The summed E-state index contributed by atoms with van der Waals surface area (Å²) in [4.78, 5) is 19.0. The Morgan fingerprint density at radius 3 is 2.83 bits per heavy atom. The first-order valence-electron chi connectivity index (χ1n) is 7.20. The van der Waals surface area contributed by atoms with E-state index in [4.69, 9.17) is 4.52 Å². The maximum Gasteiger partial charge on any atom is 0.241 e. The van der Waals surface area contributed by atoms with E-state index in [-0.39, 0.29) is 18.3 Å². The predicted octanol–water partition coefficient (Wildman–Crippen LogP) is 3.01. The summed E-state index contributed by atoms with van der Waals surface area (Å²) in [6.07, 6.45) is 0. The quantitative estimate of drug-likeness (QED) is 0.743. The van der Waals surface area contributed by atoms with Crippen LogP contribution in [0.15, 0.2) is 46.3 Å². The van der Waals surface area contributed by atoms with Gasteiger partial charge in [-0.05, 0) is 42.8 Å². The smallest absolute Gasteiger partial charge is 0.241 e. The van der Waals surface area contributed by atoms with Crippen molar-refractivity contribution in [3.8, 4) is 10.7 Å². The van der Waals surface area contributed by atoms with Crippen molar-refractivity contribution in [2.45, 2.75) is 6.54 Å². The second-order valence-corrected chi connectivity index (χ2v) is 6.16. The molecule has 1 amide bonds. The van der Waals surface area contributed by atoms with Crippen LogP contribution in [0.2, 0.25) is 0 Å². The largest absolute Gasteiger partial charge is 0.338 e. The number of carbonyl (C=O) groups excluding carboxylic acids is 1. The molecule has 2 heterocycles. The molecule has 1 N–H and O–H groups in total. The lowest BCUT2D eigenvalue weighted by atomic mass is 10.3. The van der Waals surface area contributed by atoms with Gasteiger partial charge in [0.05, 0.1) is 18.0 Å². The lowest BCUT2D eigenvalue weighted by molar-refractivity contribution is -0.117. The van der Waals surface area contributed by atoms with Crippen molar-refractivity contribution in [1.29, 1.82) is 0 Å². The number of nitrogens with zero attached hydrogens (tertiary/aromatic N) is 3. The monoisotopic (exact) mass is 346 g/mol. The van der Waals surface area contributed by atoms with Gasteiger partial charge in [-0.25, -0.2) is 4.39 Å². The molecule has 0 spiro atoms. The highest BCUT2D eigenvalue weighted by atomic mass is 32.1. The Hall–Kier alpha value is -2.58. The number of rotatable bonds is 6. The topological polar surface area (TPSA) is 71.3 Å². The van der Waals surface area contributed by atoms with E-state index in [1.807, 2.05) is 17.5 Å². The molecule has 0 saturated heterocycles. The summed E-state index contributed by atoms with van der Waals surface area (Å²) in [6.45, 7) is 0.503. The molecule has 1 aromatic carbocycles. The minimum absolute atomic E-state index is 0.147. The third-order valence-corrected chi connectivity index (χ3v) is 4.02. The number of anilines is 1. The first-order valence-corrected chi connectivity index (χ1v) is 8.08. The van der Waals surface area contributed by atoms with E-state index in [1.54, 1.807) is 11.9 Å². The third-order valence-electron chi connectivity index (χ3n) is 3.16. The number of aromatic nitrogens is 2. The van der Waals surface area contributed by atoms with E-state index in [0.29, 0.717) is 23.9 Å². The van der Waals surface area contributed by atoms with Crippen LogP contribution in [0.5, 0.6) is 0 Å². The molecule has 8 heteroatoms. The van der Waals surface area contributed by atoms with Crippen molar-refractivity contribution in [2.24, 2.45) is 0 Å². The number of hydrogen-bond donors (Lipinski definition) is 1. The molecule has 0 aliphatic heterocycles. The Bertz CT molecular complexity index is 802. The number of thiophene rings is 1. The Morgan fingerprint density at radius 2 is 2.12 bits per heavy atom. The van der Waals surface area contributed by atoms with Gasteiger partial charge in [0.15, 0.2) is 0 Å². The van der Waals surface area contributed by atoms with Gasteiger partial charge in [0.25, 0.3) is 0 Å². The normalized spacial score (nSPS) is 11.0. The number of nitrogens with one attached hydrogen (secondary N) is 1. The van der Waals surface area contributed by atoms with Gasteiger partial charge in [-0.1, -0.05) is 11.2 Å². The first-order chi connectivity index (χ1) is 11.6. The van der Waals surface area contributed by atoms with Crippen LogP contribution < -0.4 is 5.32 Å². The summed E-state index contributed by atoms with van der Waals surface area (Å²) in [5.41, 5.74) is 0.549. The Kier molecular flexibility index (Phi) is 4.97. The molecule has 6 nitrogen and oxygen atoms in total. The van der Waals surface area contributed by atoms with Crippen molar-refractivity contribution in [2.75, 3.05) is 18.9 Å². The molecule has 0 bridgehead atoms. The second-order valence-electron chi connectivity index (χ2n) is 5.22. The molecule has 0 aliphatic carbocycles. The SMILES string of the molecule is CN(CC(=O)Nc1ccc(F)cc1)Cc1nc(-c2cccs2)no1. The molecule has 3 aromatic rings. The molecule has 3 rings (SSSR count). The van der Waals surface area contributed by atoms with Crippen molar-refractivity contribution < 1.29 is 13.7 Å². The molecular weight excluding hydrogens is 331 g/mol. The molecule has 124 valence electrons. The third kappa shape index (κ3) is 4.24. The van der Waals surface area contributed by atoms with Gasteiger partial charge in [0.2, 0.25) is 17.6 Å². The van der Waals surface area contributed by atoms with E-state index in [0.717, 1.165) is 4.88 Å². The summed E-state index contributed by atoms with van der Waals surface area (Å²) in [6, 6.07) is 9.45. The fourth-order valence-corrected chi connectivity index (χ4v) is 2.74. The van der Waals surface area contributed by atoms with Crippen molar-refractivity contribution in [3.63, 3.8) is 0 Å². The zero-order valence-corrected chi connectivity index (χ0v) is 13.7. The maximum absolute atomic E-state index is 12.8. The zero-order chi connectivity index (χ0) is 16.9. The average molecular weight is 346 g/mol. The van der Waals surface area contributed by atoms with Crippen LogP contribution in [-0.2, 0) is 11.3 Å². The standard InChI is InChI=1S/C16H15FN4O2S/c1-21(9-14(22)18-12-6-4-11(17)5-7-12)10-15-19-16(20-23-15)13-3-2-8-24-13/h2-8H,9-10H2,1H3,(H,18,22). The number of halogens is 1. The van der Waals surface area contributed by atoms with Crippen LogP contribution in [0.1, 0.15) is 5.89 Å². The highest BCUT2D eigenvalue weighted by Crippen LogP contribution is 2.21. The Morgan fingerprint density at radius 1 is 1.33 bits per heavy atom. The van der Waals surface area contributed by atoms with Gasteiger partial charge in [-0.15, -0.1) is 11.3 Å². The fourth-order valence-electron chi connectivity index (χ4n) is 2.09. The maximum atomic E-state index is 12.8. The number of likely N-dealkylation sites (N-methyl/N-ethyl adjacent to an activating group) is 1. The van der Waals surface area contributed by atoms with E-state index >= 15 is 0 Å². The van der Waals surface area contributed by atoms with Crippen LogP contribution in [0, 0.1) is 5.82 Å². The highest BCUT2D eigenvalue weighted by Gasteiger charge is 2.13. The van der Waals surface area contributed by atoms with E-state index in [2.05, 4.69) is 15.5 Å². The average Bonchev–Trinajstić information content (AvgIpc) is 3.20. The van der Waals surface area contributed by atoms with Crippen molar-refractivity contribution >= 4 is 22.9 Å². The molecule has 0 radical (unpaired) electrons. The molecule has 24 heavy (non-hydrogen) atoms. The molecular formula is C16H15FN4O2S. The summed E-state index contributed by atoms with van der Waals surface area (Å²) < 4.78 is 18.0. The lowest BCUT2D eigenvalue weighted by Crippen LogP contribution is -2.29. The van der Waals surface area contributed by atoms with Gasteiger partial charge < -0.3 is 9.84 Å². The van der Waals surface area contributed by atoms with Crippen LogP contribution in [0.25, 0.3) is 10.7 Å². The van der Waals surface area contributed by atoms with Crippen LogP contribution in [-0.4, -0.2) is 34.5 Å². The van der Waals surface area contributed by atoms with Crippen LogP contribution in [0.3, 0.4) is 0 Å². The van der Waals surface area contributed by atoms with Gasteiger partial charge in [-0.2, -0.15) is 4.98 Å². The van der Waals surface area contributed by atoms with Crippen LogP contribution >= 0.6 is 11.3 Å². The molecule has 0 fully saturated rings. The first kappa shape index (κ1) is 16.3. The summed E-state index contributed by atoms with van der Waals surface area (Å²) >= 11 is 1.53. The molecule has 2 aromatic heterocycles. The molecule has 0 aliphatic rings. The minimum Gasteiger partial charge on any atom is -0.338 e. The van der Waals surface area contributed by atoms with Crippen molar-refractivity contribution in [3.05, 3.63) is 53.5 Å². The van der Waals surface area contributed by atoms with Crippen molar-refractivity contribution in [1.82, 2.24) is 15.0 Å². The Balaban J connectivity index is 1.52. The summed E-state index contributed by atoms with van der Waals surface area (Å²) in [5.74, 6) is 0.435. The minimum atomic E-state index is -0.344. The predicted molar refractivity (Wildman–Crippen MR) is 89.0 cm³/mol. The van der Waals surface area contributed by atoms with Crippen LogP contribution in [0.4, 0.5) is 10.1 Å². The van der Waals surface area contributed by atoms with Gasteiger partial charge in [0, 0.05) is 5.69 Å². The van der Waals surface area contributed by atoms with E-state index < -0.39 is 0 Å². The summed E-state index contributed by atoms with van der Waals surface area (Å²) in [7, 11) is 1.78. The van der Waals surface area contributed by atoms with E-state index in [1.165, 1.54) is 35.6 Å². The molecule has 0 unspecified atom stereocenters. The number of benzene rings is 1. The number of amides is 1. The molecule has 0 saturated carbocycles. The van der Waals surface area contributed by atoms with Gasteiger partial charge in [-0.3, -0.25) is 9.69 Å². The zero-order valence-electron chi connectivity index (χ0n) is 12.9. The number of hydrogen-bond acceptors (Lipinski definition) is 6. The van der Waals surface area contributed by atoms with E-state index in [9.17, 15) is 9.18 Å². The lowest BCUT2D eigenvalue weighted by Gasteiger charge is -2.13. The van der Waals surface area contributed by atoms with Gasteiger partial charge >= 0.3 is 0 Å². The second kappa shape index (κ2) is 7.33.